The van der Waals surface area contributed by atoms with Crippen molar-refractivity contribution < 1.29 is 4.79 Å². The molecule has 17 heavy (non-hydrogen) atoms. The molecule has 0 spiro atoms. The Morgan fingerprint density at radius 1 is 1.18 bits per heavy atom. The van der Waals surface area contributed by atoms with Crippen molar-refractivity contribution in [2.75, 3.05) is 13.1 Å². The summed E-state index contributed by atoms with van der Waals surface area (Å²) in [6, 6.07) is 0. The zero-order valence-electron chi connectivity index (χ0n) is 11.4. The molecular formula is C14H26N2O. The van der Waals surface area contributed by atoms with Crippen molar-refractivity contribution in [2.45, 2.75) is 52.0 Å². The Labute approximate surface area is 105 Å². The molecule has 3 nitrogen and oxygen atoms in total. The van der Waals surface area contributed by atoms with Crippen molar-refractivity contribution in [1.29, 1.82) is 0 Å². The van der Waals surface area contributed by atoms with Crippen LogP contribution in [0.4, 0.5) is 0 Å². The fourth-order valence-electron chi connectivity index (χ4n) is 2.41. The summed E-state index contributed by atoms with van der Waals surface area (Å²) in [5, 5.41) is 6.32. The van der Waals surface area contributed by atoms with E-state index in [2.05, 4.69) is 31.4 Å². The molecule has 0 atom stereocenters. The van der Waals surface area contributed by atoms with Crippen LogP contribution in [0.15, 0.2) is 0 Å². The number of rotatable bonds is 6. The average molecular weight is 238 g/mol. The van der Waals surface area contributed by atoms with Crippen molar-refractivity contribution in [3.63, 3.8) is 0 Å². The van der Waals surface area contributed by atoms with Crippen molar-refractivity contribution in [3.05, 3.63) is 0 Å². The Balaban J connectivity index is 1.64. The molecule has 0 aliphatic heterocycles. The fourth-order valence-corrected chi connectivity index (χ4v) is 2.41. The van der Waals surface area contributed by atoms with Gasteiger partial charge in [-0.3, -0.25) is 4.79 Å². The third-order valence-electron chi connectivity index (χ3n) is 3.77. The molecule has 3 heteroatoms. The van der Waals surface area contributed by atoms with Crippen LogP contribution in [0.5, 0.6) is 0 Å². The van der Waals surface area contributed by atoms with Crippen molar-refractivity contribution in [1.82, 2.24) is 10.6 Å². The second kappa shape index (κ2) is 4.97. The lowest BCUT2D eigenvalue weighted by Gasteiger charge is -2.21. The number of carbonyl (C=O) groups excluding carboxylic acids is 1. The van der Waals surface area contributed by atoms with Gasteiger partial charge in [-0.15, -0.1) is 0 Å². The van der Waals surface area contributed by atoms with Crippen molar-refractivity contribution >= 4 is 5.91 Å². The minimum Gasteiger partial charge on any atom is -0.355 e. The molecule has 2 rings (SSSR count). The Hall–Kier alpha value is -0.570. The Morgan fingerprint density at radius 3 is 2.12 bits per heavy atom. The maximum Gasteiger partial charge on any atom is 0.233 e. The third-order valence-corrected chi connectivity index (χ3v) is 3.77. The second-order valence-corrected chi connectivity index (χ2v) is 6.75. The van der Waals surface area contributed by atoms with Gasteiger partial charge in [-0.1, -0.05) is 0 Å². The maximum absolute atomic E-state index is 11.7. The SMILES string of the molecule is CC(C)(C)NCC(=O)NCC(C1CC1)C1CC1. The van der Waals surface area contributed by atoms with Crippen LogP contribution in [0.1, 0.15) is 46.5 Å². The summed E-state index contributed by atoms with van der Waals surface area (Å²) in [5.74, 6) is 2.75. The van der Waals surface area contributed by atoms with Gasteiger partial charge in [-0.2, -0.15) is 0 Å². The van der Waals surface area contributed by atoms with Crippen LogP contribution in [-0.2, 0) is 4.79 Å². The topological polar surface area (TPSA) is 41.1 Å². The number of hydrogen-bond donors (Lipinski definition) is 2. The molecule has 2 fully saturated rings. The lowest BCUT2D eigenvalue weighted by molar-refractivity contribution is -0.120. The van der Waals surface area contributed by atoms with E-state index >= 15 is 0 Å². The van der Waals surface area contributed by atoms with Gasteiger partial charge >= 0.3 is 0 Å². The molecule has 2 aliphatic rings. The lowest BCUT2D eigenvalue weighted by Crippen LogP contribution is -2.44. The zero-order chi connectivity index (χ0) is 12.5. The molecule has 0 unspecified atom stereocenters. The van der Waals surface area contributed by atoms with Crippen LogP contribution in [-0.4, -0.2) is 24.5 Å². The minimum absolute atomic E-state index is 0.0176. The second-order valence-electron chi connectivity index (χ2n) is 6.75. The summed E-state index contributed by atoms with van der Waals surface area (Å²) >= 11 is 0. The van der Waals surface area contributed by atoms with E-state index in [9.17, 15) is 4.79 Å². The van der Waals surface area contributed by atoms with Crippen LogP contribution in [0.3, 0.4) is 0 Å². The quantitative estimate of drug-likeness (QED) is 0.742. The lowest BCUT2D eigenvalue weighted by atomic mass is 9.98. The van der Waals surface area contributed by atoms with E-state index in [4.69, 9.17) is 0 Å². The summed E-state index contributed by atoms with van der Waals surface area (Å²) < 4.78 is 0. The van der Waals surface area contributed by atoms with E-state index in [1.807, 2.05) is 0 Å². The van der Waals surface area contributed by atoms with E-state index in [1.54, 1.807) is 0 Å². The minimum atomic E-state index is 0.0176. The first-order chi connectivity index (χ1) is 7.96. The van der Waals surface area contributed by atoms with E-state index < -0.39 is 0 Å². The molecule has 0 aromatic carbocycles. The van der Waals surface area contributed by atoms with Gasteiger partial charge < -0.3 is 10.6 Å². The van der Waals surface area contributed by atoms with Gasteiger partial charge in [0.25, 0.3) is 0 Å². The van der Waals surface area contributed by atoms with Gasteiger partial charge in [-0.25, -0.2) is 0 Å². The fraction of sp³-hybridized carbons (Fsp3) is 0.929. The van der Waals surface area contributed by atoms with Crippen LogP contribution in [0.2, 0.25) is 0 Å². The highest BCUT2D eigenvalue weighted by molar-refractivity contribution is 5.78. The highest BCUT2D eigenvalue weighted by atomic mass is 16.1. The van der Waals surface area contributed by atoms with Gasteiger partial charge in [0, 0.05) is 12.1 Å². The first-order valence-corrected chi connectivity index (χ1v) is 6.97. The number of amides is 1. The highest BCUT2D eigenvalue weighted by Gasteiger charge is 2.41. The predicted octanol–water partition coefficient (Wildman–Crippen LogP) is 1.93. The van der Waals surface area contributed by atoms with E-state index in [0.717, 1.165) is 24.3 Å². The summed E-state index contributed by atoms with van der Waals surface area (Å²) in [6.07, 6.45) is 5.54. The van der Waals surface area contributed by atoms with E-state index in [1.165, 1.54) is 25.7 Å². The third kappa shape index (κ3) is 4.66. The van der Waals surface area contributed by atoms with Crippen LogP contribution in [0.25, 0.3) is 0 Å². The standard InChI is InChI=1S/C14H26N2O/c1-14(2,3)16-9-13(17)15-8-12(10-4-5-10)11-6-7-11/h10-12,16H,4-9H2,1-3H3,(H,15,17). The van der Waals surface area contributed by atoms with Crippen LogP contribution >= 0.6 is 0 Å². The van der Waals surface area contributed by atoms with Gasteiger partial charge in [0.2, 0.25) is 5.91 Å². The largest absolute Gasteiger partial charge is 0.355 e. The zero-order valence-corrected chi connectivity index (χ0v) is 11.4. The molecule has 0 aromatic heterocycles. The maximum atomic E-state index is 11.7. The molecule has 0 bridgehead atoms. The molecule has 0 heterocycles. The summed E-state index contributed by atoms with van der Waals surface area (Å²) in [6.45, 7) is 7.58. The molecule has 98 valence electrons. The molecule has 0 radical (unpaired) electrons. The Kier molecular flexibility index (Phi) is 3.76. The normalized spacial score (nSPS) is 20.7. The first-order valence-electron chi connectivity index (χ1n) is 6.97. The van der Waals surface area contributed by atoms with E-state index in [0.29, 0.717) is 6.54 Å². The Morgan fingerprint density at radius 2 is 1.71 bits per heavy atom. The number of carbonyl (C=O) groups is 1. The predicted molar refractivity (Wildman–Crippen MR) is 69.7 cm³/mol. The van der Waals surface area contributed by atoms with Gasteiger partial charge in [0.05, 0.1) is 6.54 Å². The smallest absolute Gasteiger partial charge is 0.233 e. The van der Waals surface area contributed by atoms with Crippen molar-refractivity contribution in [2.24, 2.45) is 17.8 Å². The summed E-state index contributed by atoms with van der Waals surface area (Å²) in [4.78, 5) is 11.7. The molecule has 2 N–H and O–H groups in total. The van der Waals surface area contributed by atoms with Gasteiger partial charge in [0.1, 0.15) is 0 Å². The summed E-state index contributed by atoms with van der Waals surface area (Å²) in [5.41, 5.74) is 0.0176. The Bertz CT molecular complexity index is 262. The van der Waals surface area contributed by atoms with Crippen LogP contribution < -0.4 is 10.6 Å². The molecule has 2 saturated carbocycles. The van der Waals surface area contributed by atoms with Gasteiger partial charge in [0.15, 0.2) is 0 Å². The molecule has 0 aromatic rings. The molecule has 2 aliphatic carbocycles. The van der Waals surface area contributed by atoms with Crippen molar-refractivity contribution in [3.8, 4) is 0 Å². The first kappa shape index (κ1) is 12.9. The summed E-state index contributed by atoms with van der Waals surface area (Å²) in [7, 11) is 0. The monoisotopic (exact) mass is 238 g/mol. The highest BCUT2D eigenvalue weighted by Crippen LogP contribution is 2.48. The number of nitrogens with one attached hydrogen (secondary N) is 2. The molecule has 1 amide bonds. The van der Waals surface area contributed by atoms with E-state index in [-0.39, 0.29) is 11.4 Å². The van der Waals surface area contributed by atoms with Crippen LogP contribution in [0, 0.1) is 17.8 Å². The van der Waals surface area contributed by atoms with Gasteiger partial charge in [-0.05, 0) is 64.2 Å². The molecular weight excluding hydrogens is 212 g/mol. The number of hydrogen-bond acceptors (Lipinski definition) is 2. The molecule has 0 saturated heterocycles. The average Bonchev–Trinajstić information content (AvgIpc) is 3.06.